The number of nitrogens with one attached hydrogen (secondary N) is 1. The Bertz CT molecular complexity index is 1200. The van der Waals surface area contributed by atoms with Crippen LogP contribution in [0.25, 0.3) is 0 Å². The number of hydrogen-bond acceptors (Lipinski definition) is 5. The number of thioether (sulfide) groups is 1. The zero-order valence-corrected chi connectivity index (χ0v) is 21.7. The monoisotopic (exact) mass is 508 g/mol. The summed E-state index contributed by atoms with van der Waals surface area (Å²) in [5, 5.41) is 6.31. The van der Waals surface area contributed by atoms with E-state index in [2.05, 4.69) is 5.32 Å². The molecule has 1 atom stereocenters. The number of halogens is 1. The summed E-state index contributed by atoms with van der Waals surface area (Å²) in [7, 11) is 0. The fourth-order valence-electron chi connectivity index (χ4n) is 4.34. The second-order valence-corrected chi connectivity index (χ2v) is 9.64. The topological polar surface area (TPSA) is 65.0 Å². The Morgan fingerprint density at radius 1 is 1.11 bits per heavy atom. The first kappa shape index (κ1) is 25.1. The van der Waals surface area contributed by atoms with Crippen LogP contribution in [-0.2, 0) is 16.1 Å². The molecule has 2 aromatic carbocycles. The third-order valence-corrected chi connectivity index (χ3v) is 7.24. The highest BCUT2D eigenvalue weighted by Crippen LogP contribution is 2.45. The number of nitrogens with zero attached hydrogens (tertiary/aromatic N) is 3. The van der Waals surface area contributed by atoms with Crippen molar-refractivity contribution >= 4 is 40.3 Å². The van der Waals surface area contributed by atoms with Crippen molar-refractivity contribution in [3.8, 4) is 0 Å². The minimum Gasteiger partial charge on any atom is -0.352 e. The summed E-state index contributed by atoms with van der Waals surface area (Å²) < 4.78 is 0. The van der Waals surface area contributed by atoms with Gasteiger partial charge in [-0.25, -0.2) is 4.99 Å². The molecule has 0 bridgehead atoms. The molecule has 0 aromatic heterocycles. The average Bonchev–Trinajstić information content (AvgIpc) is 3.24. The molecule has 0 saturated heterocycles. The number of allylic oxidation sites excluding steroid dienone is 1. The molecule has 2 aliphatic rings. The molecular weight excluding hydrogens is 480 g/mol. The molecule has 2 aromatic rings. The molecule has 8 heteroatoms. The lowest BCUT2D eigenvalue weighted by molar-refractivity contribution is -0.127. The summed E-state index contributed by atoms with van der Waals surface area (Å²) >= 11 is 7.84. The highest BCUT2D eigenvalue weighted by atomic mass is 35.5. The van der Waals surface area contributed by atoms with Crippen LogP contribution < -0.4 is 5.32 Å². The van der Waals surface area contributed by atoms with Gasteiger partial charge in [0.1, 0.15) is 0 Å². The smallest absolute Gasteiger partial charge is 0.254 e. The highest BCUT2D eigenvalue weighted by Gasteiger charge is 2.41. The summed E-state index contributed by atoms with van der Waals surface area (Å²) in [5.41, 5.74) is 4.03. The van der Waals surface area contributed by atoms with Gasteiger partial charge in [-0.3, -0.25) is 9.59 Å². The van der Waals surface area contributed by atoms with Gasteiger partial charge in [0, 0.05) is 30.4 Å². The molecule has 182 valence electrons. The van der Waals surface area contributed by atoms with Crippen molar-refractivity contribution in [2.24, 2.45) is 4.99 Å². The SMILES string of the molecule is CCN(CC)C(=O)C1=C(C)N=C2SC=C(CC(=O)NCc3ccccc3)N2C1c1cccc(Cl)c1. The van der Waals surface area contributed by atoms with Gasteiger partial charge in [-0.2, -0.15) is 0 Å². The Balaban J connectivity index is 1.65. The molecule has 0 saturated carbocycles. The molecular formula is C27H29ClN4O2S. The number of likely N-dealkylation sites (N-methyl/N-ethyl adjacent to an activating group) is 1. The predicted octanol–water partition coefficient (Wildman–Crippen LogP) is 5.49. The number of benzene rings is 2. The van der Waals surface area contributed by atoms with Crippen LogP contribution in [0.1, 0.15) is 44.4 Å². The van der Waals surface area contributed by atoms with Crippen molar-refractivity contribution in [3.63, 3.8) is 0 Å². The predicted molar refractivity (Wildman–Crippen MR) is 143 cm³/mol. The number of carbonyl (C=O) groups excluding carboxylic acids is 2. The molecule has 1 unspecified atom stereocenters. The quantitative estimate of drug-likeness (QED) is 0.512. The van der Waals surface area contributed by atoms with E-state index in [1.54, 1.807) is 4.90 Å². The first-order valence-electron chi connectivity index (χ1n) is 11.7. The Labute approximate surface area is 215 Å². The fourth-order valence-corrected chi connectivity index (χ4v) is 5.50. The molecule has 4 rings (SSSR count). The highest BCUT2D eigenvalue weighted by molar-refractivity contribution is 8.16. The lowest BCUT2D eigenvalue weighted by Gasteiger charge is -2.38. The Kier molecular flexibility index (Phi) is 7.98. The van der Waals surface area contributed by atoms with E-state index in [1.165, 1.54) is 11.8 Å². The van der Waals surface area contributed by atoms with E-state index in [0.717, 1.165) is 22.0 Å². The Hall–Kier alpha value is -3.03. The lowest BCUT2D eigenvalue weighted by atomic mass is 9.92. The van der Waals surface area contributed by atoms with Crippen molar-refractivity contribution < 1.29 is 9.59 Å². The third-order valence-electron chi connectivity index (χ3n) is 6.12. The molecule has 0 aliphatic carbocycles. The molecule has 2 heterocycles. The van der Waals surface area contributed by atoms with E-state index < -0.39 is 6.04 Å². The summed E-state index contributed by atoms with van der Waals surface area (Å²) in [4.78, 5) is 35.1. The first-order chi connectivity index (χ1) is 16.9. The van der Waals surface area contributed by atoms with Gasteiger partial charge in [-0.15, -0.1) is 0 Å². The second kappa shape index (κ2) is 11.1. The van der Waals surface area contributed by atoms with Crippen molar-refractivity contribution in [1.82, 2.24) is 15.1 Å². The van der Waals surface area contributed by atoms with Gasteiger partial charge in [0.15, 0.2) is 5.17 Å². The van der Waals surface area contributed by atoms with Gasteiger partial charge in [-0.1, -0.05) is 65.8 Å². The number of fused-ring (bicyclic) bond motifs is 1. The maximum atomic E-state index is 13.6. The molecule has 2 aliphatic heterocycles. The average molecular weight is 509 g/mol. The molecule has 6 nitrogen and oxygen atoms in total. The van der Waals surface area contributed by atoms with E-state index in [4.69, 9.17) is 16.6 Å². The fraction of sp³-hybridized carbons (Fsp3) is 0.296. The number of amides is 2. The van der Waals surface area contributed by atoms with Crippen molar-refractivity contribution in [1.29, 1.82) is 0 Å². The standard InChI is InChI=1S/C27H29ClN4O2S/c1-4-31(5-2)26(34)24-18(3)30-27-32(25(24)20-12-9-13-21(28)14-20)22(17-35-27)15-23(33)29-16-19-10-7-6-8-11-19/h6-14,17,25H,4-5,15-16H2,1-3H3,(H,29,33). The summed E-state index contributed by atoms with van der Waals surface area (Å²) in [6.07, 6.45) is 0.182. The lowest BCUT2D eigenvalue weighted by Crippen LogP contribution is -2.42. The molecule has 1 N–H and O–H groups in total. The number of hydrogen-bond donors (Lipinski definition) is 1. The van der Waals surface area contributed by atoms with Crippen LogP contribution in [0.2, 0.25) is 5.02 Å². The zero-order chi connectivity index (χ0) is 24.9. The number of amidine groups is 1. The van der Waals surface area contributed by atoms with Gasteiger partial charge in [0.05, 0.1) is 23.7 Å². The van der Waals surface area contributed by atoms with E-state index in [9.17, 15) is 9.59 Å². The van der Waals surface area contributed by atoms with Crippen molar-refractivity contribution in [3.05, 3.63) is 93.1 Å². The van der Waals surface area contributed by atoms with Crippen LogP contribution in [0.4, 0.5) is 0 Å². The minimum absolute atomic E-state index is 0.0509. The number of rotatable bonds is 8. The maximum Gasteiger partial charge on any atom is 0.254 e. The van der Waals surface area contributed by atoms with Crippen LogP contribution in [0, 0.1) is 0 Å². The van der Waals surface area contributed by atoms with Gasteiger partial charge in [-0.05, 0) is 49.4 Å². The van der Waals surface area contributed by atoms with Crippen LogP contribution in [0.3, 0.4) is 0 Å². The summed E-state index contributed by atoms with van der Waals surface area (Å²) in [6.45, 7) is 7.48. The number of aliphatic imine (C=N–C) groups is 1. The largest absolute Gasteiger partial charge is 0.352 e. The van der Waals surface area contributed by atoms with E-state index >= 15 is 0 Å². The zero-order valence-electron chi connectivity index (χ0n) is 20.1. The molecule has 0 spiro atoms. The van der Waals surface area contributed by atoms with Crippen molar-refractivity contribution in [2.45, 2.75) is 39.8 Å². The van der Waals surface area contributed by atoms with Crippen LogP contribution >= 0.6 is 23.4 Å². The van der Waals surface area contributed by atoms with Crippen LogP contribution in [-0.4, -0.2) is 39.9 Å². The van der Waals surface area contributed by atoms with E-state index in [-0.39, 0.29) is 18.2 Å². The Morgan fingerprint density at radius 3 is 2.54 bits per heavy atom. The van der Waals surface area contributed by atoms with Crippen LogP contribution in [0.5, 0.6) is 0 Å². The molecule has 35 heavy (non-hydrogen) atoms. The van der Waals surface area contributed by atoms with E-state index in [1.807, 2.05) is 85.7 Å². The van der Waals surface area contributed by atoms with Crippen molar-refractivity contribution in [2.75, 3.05) is 13.1 Å². The van der Waals surface area contributed by atoms with E-state index in [0.29, 0.717) is 35.9 Å². The summed E-state index contributed by atoms with van der Waals surface area (Å²) in [5.74, 6) is -0.139. The molecule has 0 radical (unpaired) electrons. The third kappa shape index (κ3) is 5.46. The van der Waals surface area contributed by atoms with Gasteiger partial charge in [0.2, 0.25) is 5.91 Å². The maximum absolute atomic E-state index is 13.6. The van der Waals surface area contributed by atoms with Crippen LogP contribution in [0.15, 0.2) is 82.0 Å². The molecule has 0 fully saturated rings. The number of carbonyl (C=O) groups is 2. The first-order valence-corrected chi connectivity index (χ1v) is 13.0. The second-order valence-electron chi connectivity index (χ2n) is 8.36. The normalized spacial score (nSPS) is 17.0. The summed E-state index contributed by atoms with van der Waals surface area (Å²) in [6, 6.07) is 17.0. The minimum atomic E-state index is -0.419. The molecule has 2 amide bonds. The van der Waals surface area contributed by atoms with Gasteiger partial charge < -0.3 is 15.1 Å². The Morgan fingerprint density at radius 2 is 1.86 bits per heavy atom. The van der Waals surface area contributed by atoms with Gasteiger partial charge >= 0.3 is 0 Å². The van der Waals surface area contributed by atoms with Gasteiger partial charge in [0.25, 0.3) is 5.91 Å².